The van der Waals surface area contributed by atoms with Gasteiger partial charge in [-0.25, -0.2) is 5.09 Å². The molecular weight excluding hydrogens is 305 g/mol. The molecule has 0 saturated carbocycles. The molecule has 1 aromatic rings. The van der Waals surface area contributed by atoms with Crippen LogP contribution in [-0.2, 0) is 14.1 Å². The van der Waals surface area contributed by atoms with Crippen LogP contribution >= 0.6 is 17.9 Å². The molecule has 4 nitrogen and oxygen atoms in total. The molecule has 21 heavy (non-hydrogen) atoms. The largest absolute Gasteiger partial charge is 0.462 e. The second-order valence-corrected chi connectivity index (χ2v) is 10.7. The molecule has 0 aromatic heterocycles. The molecule has 1 unspecified atom stereocenters. The number of rotatable bonds is 7. The minimum atomic E-state index is -2.80. The Morgan fingerprint density at radius 2 is 1.71 bits per heavy atom. The fourth-order valence-electron chi connectivity index (χ4n) is 1.58. The first kappa shape index (κ1) is 18.3. The summed E-state index contributed by atoms with van der Waals surface area (Å²) in [5.74, 6) is -0.375. The van der Waals surface area contributed by atoms with E-state index in [2.05, 4.69) is 5.09 Å². The van der Waals surface area contributed by atoms with E-state index in [4.69, 9.17) is 4.74 Å². The van der Waals surface area contributed by atoms with Crippen molar-refractivity contribution in [2.45, 2.75) is 57.3 Å². The van der Waals surface area contributed by atoms with Crippen LogP contribution in [0.2, 0.25) is 0 Å². The Balaban J connectivity index is 2.81. The average molecular weight is 329 g/mol. The Labute approximate surface area is 131 Å². The molecule has 0 saturated heterocycles. The van der Waals surface area contributed by atoms with Gasteiger partial charge in [-0.2, -0.15) is 0 Å². The second-order valence-electron chi connectivity index (χ2n) is 5.43. The lowest BCUT2D eigenvalue weighted by atomic mass is 10.4. The molecule has 6 heteroatoms. The summed E-state index contributed by atoms with van der Waals surface area (Å²) in [5, 5.41) is 2.99. The zero-order valence-electron chi connectivity index (χ0n) is 13.2. The molecule has 0 bridgehead atoms. The Hall–Kier alpha value is -0.770. The van der Waals surface area contributed by atoms with E-state index in [1.54, 1.807) is 20.8 Å². The van der Waals surface area contributed by atoms with Crippen molar-refractivity contribution in [1.29, 1.82) is 0 Å². The first-order chi connectivity index (χ1) is 9.74. The molecule has 0 radical (unpaired) electrons. The molecule has 118 valence electrons. The van der Waals surface area contributed by atoms with Crippen LogP contribution in [0.1, 0.15) is 34.6 Å². The van der Waals surface area contributed by atoms with Gasteiger partial charge in [-0.15, -0.1) is 0 Å². The van der Waals surface area contributed by atoms with Crippen molar-refractivity contribution in [2.24, 2.45) is 0 Å². The van der Waals surface area contributed by atoms with Gasteiger partial charge >= 0.3 is 5.97 Å². The third kappa shape index (κ3) is 5.85. The summed E-state index contributed by atoms with van der Waals surface area (Å²) in [7, 11) is 0. The number of hydrogen-bond donors (Lipinski definition) is 1. The van der Waals surface area contributed by atoms with E-state index in [1.165, 1.54) is 11.4 Å². The van der Waals surface area contributed by atoms with Crippen molar-refractivity contribution >= 4 is 23.8 Å². The normalized spacial score (nSPS) is 15.8. The van der Waals surface area contributed by atoms with Crippen molar-refractivity contribution in [1.82, 2.24) is 5.09 Å². The Morgan fingerprint density at radius 3 is 2.19 bits per heavy atom. The first-order valence-electron chi connectivity index (χ1n) is 7.07. The number of benzene rings is 1. The van der Waals surface area contributed by atoms with Crippen LogP contribution in [0.25, 0.3) is 0 Å². The molecule has 0 aliphatic carbocycles. The minimum absolute atomic E-state index is 0.0861. The molecule has 1 N–H and O–H groups in total. The standard InChI is InChI=1S/C15H24NO3PS/c1-11(2)19-15(17)13(5)16-20(18,12(3)4)21-14-9-7-6-8-10-14/h6-13H,1-5H3,(H,16,18)/t13-,20?/m1/s1. The predicted octanol–water partition coefficient (Wildman–Crippen LogP) is 4.31. The quantitative estimate of drug-likeness (QED) is 0.597. The van der Waals surface area contributed by atoms with Crippen LogP contribution in [0, 0.1) is 0 Å². The van der Waals surface area contributed by atoms with E-state index >= 15 is 0 Å². The highest BCUT2D eigenvalue weighted by Crippen LogP contribution is 2.62. The minimum Gasteiger partial charge on any atom is -0.462 e. The first-order valence-corrected chi connectivity index (χ1v) is 10.3. The summed E-state index contributed by atoms with van der Waals surface area (Å²) in [6.45, 7) is 6.27. The lowest BCUT2D eigenvalue weighted by molar-refractivity contribution is -0.148. The van der Waals surface area contributed by atoms with E-state index in [1.807, 2.05) is 44.2 Å². The van der Waals surface area contributed by atoms with E-state index in [0.29, 0.717) is 0 Å². The van der Waals surface area contributed by atoms with Gasteiger partial charge in [0.2, 0.25) is 6.49 Å². The fourth-order valence-corrected chi connectivity index (χ4v) is 5.94. The van der Waals surface area contributed by atoms with Gasteiger partial charge in [-0.05, 0) is 44.3 Å². The van der Waals surface area contributed by atoms with Crippen LogP contribution in [0.15, 0.2) is 35.2 Å². The number of nitrogens with one attached hydrogen (secondary N) is 1. The van der Waals surface area contributed by atoms with Crippen LogP contribution in [-0.4, -0.2) is 23.8 Å². The number of ether oxygens (including phenoxy) is 1. The van der Waals surface area contributed by atoms with Crippen molar-refractivity contribution in [3.05, 3.63) is 30.3 Å². The van der Waals surface area contributed by atoms with Crippen LogP contribution in [0.5, 0.6) is 0 Å². The number of carbonyl (C=O) groups is 1. The van der Waals surface area contributed by atoms with Gasteiger partial charge < -0.3 is 4.74 Å². The zero-order chi connectivity index (χ0) is 16.0. The molecular formula is C15H24NO3PS. The Kier molecular flexibility index (Phi) is 6.98. The summed E-state index contributed by atoms with van der Waals surface area (Å²) >= 11 is 1.30. The summed E-state index contributed by atoms with van der Waals surface area (Å²) in [4.78, 5) is 12.8. The highest BCUT2D eigenvalue weighted by Gasteiger charge is 2.32. The fraction of sp³-hybridized carbons (Fsp3) is 0.533. The smallest absolute Gasteiger partial charge is 0.323 e. The number of hydrogen-bond acceptors (Lipinski definition) is 4. The molecule has 2 atom stereocenters. The summed E-state index contributed by atoms with van der Waals surface area (Å²) < 4.78 is 18.3. The summed E-state index contributed by atoms with van der Waals surface area (Å²) in [6, 6.07) is 8.96. The van der Waals surface area contributed by atoms with Gasteiger partial charge in [0.05, 0.1) is 6.10 Å². The molecule has 0 fully saturated rings. The zero-order valence-corrected chi connectivity index (χ0v) is 14.9. The predicted molar refractivity (Wildman–Crippen MR) is 88.9 cm³/mol. The molecule has 0 spiro atoms. The highest BCUT2D eigenvalue weighted by molar-refractivity contribution is 8.57. The van der Waals surface area contributed by atoms with Gasteiger partial charge in [-0.3, -0.25) is 9.36 Å². The lowest BCUT2D eigenvalue weighted by Gasteiger charge is -2.26. The SMILES string of the molecule is CC(C)OC(=O)[C@@H](C)NP(=O)(Sc1ccccc1)C(C)C. The molecule has 1 rings (SSSR count). The van der Waals surface area contributed by atoms with Crippen LogP contribution in [0.4, 0.5) is 0 Å². The average Bonchev–Trinajstić information content (AvgIpc) is 2.38. The van der Waals surface area contributed by atoms with E-state index in [0.717, 1.165) is 4.90 Å². The van der Waals surface area contributed by atoms with Gasteiger partial charge in [0.15, 0.2) is 0 Å². The second kappa shape index (κ2) is 8.02. The maximum atomic E-state index is 13.1. The number of esters is 1. The summed E-state index contributed by atoms with van der Waals surface area (Å²) in [6.07, 6.45) is -0.179. The van der Waals surface area contributed by atoms with Gasteiger partial charge in [0, 0.05) is 10.6 Å². The maximum Gasteiger partial charge on any atom is 0.323 e. The molecule has 0 heterocycles. The van der Waals surface area contributed by atoms with Crippen molar-refractivity contribution in [2.75, 3.05) is 0 Å². The lowest BCUT2D eigenvalue weighted by Crippen LogP contribution is -2.35. The van der Waals surface area contributed by atoms with Gasteiger partial charge in [0.25, 0.3) is 0 Å². The Bertz CT molecular complexity index is 505. The highest BCUT2D eigenvalue weighted by atomic mass is 32.7. The third-order valence-corrected chi connectivity index (χ3v) is 8.63. The van der Waals surface area contributed by atoms with Crippen molar-refractivity contribution in [3.8, 4) is 0 Å². The molecule has 1 aromatic carbocycles. The van der Waals surface area contributed by atoms with Gasteiger partial charge in [-0.1, -0.05) is 32.0 Å². The molecule has 0 aliphatic heterocycles. The topological polar surface area (TPSA) is 55.4 Å². The van der Waals surface area contributed by atoms with E-state index in [9.17, 15) is 9.36 Å². The van der Waals surface area contributed by atoms with Crippen LogP contribution < -0.4 is 5.09 Å². The van der Waals surface area contributed by atoms with Crippen molar-refractivity contribution < 1.29 is 14.1 Å². The van der Waals surface area contributed by atoms with E-state index in [-0.39, 0.29) is 17.7 Å². The number of carbonyl (C=O) groups excluding carboxylic acids is 1. The monoisotopic (exact) mass is 329 g/mol. The van der Waals surface area contributed by atoms with E-state index < -0.39 is 12.5 Å². The third-order valence-electron chi connectivity index (χ3n) is 2.74. The van der Waals surface area contributed by atoms with Gasteiger partial charge in [0.1, 0.15) is 6.04 Å². The molecule has 0 amide bonds. The Morgan fingerprint density at radius 1 is 1.14 bits per heavy atom. The van der Waals surface area contributed by atoms with Crippen LogP contribution in [0.3, 0.4) is 0 Å². The maximum absolute atomic E-state index is 13.1. The summed E-state index contributed by atoms with van der Waals surface area (Å²) in [5.41, 5.74) is -0.0861. The molecule has 0 aliphatic rings. The van der Waals surface area contributed by atoms with Crippen molar-refractivity contribution in [3.63, 3.8) is 0 Å².